The van der Waals surface area contributed by atoms with E-state index in [1.807, 2.05) is 0 Å². The third kappa shape index (κ3) is 1.72. The Balaban J connectivity index is 2.20. The van der Waals surface area contributed by atoms with E-state index in [0.29, 0.717) is 6.61 Å². The average molecular weight is 179 g/mol. The summed E-state index contributed by atoms with van der Waals surface area (Å²) in [5.74, 6) is 4.99. The molecule has 0 saturated carbocycles. The fraction of sp³-hybridized carbons (Fsp3) is 0.400. The second kappa shape index (κ2) is 3.87. The highest BCUT2D eigenvalue weighted by Gasteiger charge is 2.13. The van der Waals surface area contributed by atoms with Gasteiger partial charge in [-0.25, -0.2) is 5.90 Å². The van der Waals surface area contributed by atoms with Crippen LogP contribution in [0.15, 0.2) is 18.2 Å². The predicted molar refractivity (Wildman–Crippen MR) is 48.8 cm³/mol. The zero-order valence-corrected chi connectivity index (χ0v) is 7.45. The molecule has 3 heteroatoms. The Labute approximate surface area is 77.4 Å². The van der Waals surface area contributed by atoms with Crippen LogP contribution >= 0.6 is 0 Å². The molecule has 1 heterocycles. The Bertz CT molecular complexity index is 299. The largest absolute Gasteiger partial charge is 0.372 e. The Morgan fingerprint density at radius 1 is 1.38 bits per heavy atom. The van der Waals surface area contributed by atoms with Gasteiger partial charge >= 0.3 is 0 Å². The van der Waals surface area contributed by atoms with Gasteiger partial charge in [0.15, 0.2) is 0 Å². The number of benzene rings is 1. The lowest BCUT2D eigenvalue weighted by atomic mass is 10.0. The number of nitrogens with two attached hydrogens (primary N) is 1. The molecular weight excluding hydrogens is 166 g/mol. The van der Waals surface area contributed by atoms with Crippen LogP contribution in [-0.4, -0.2) is 6.61 Å². The van der Waals surface area contributed by atoms with E-state index in [1.54, 1.807) is 0 Å². The van der Waals surface area contributed by atoms with Crippen molar-refractivity contribution in [1.29, 1.82) is 0 Å². The first-order chi connectivity index (χ1) is 6.42. The molecule has 0 atom stereocenters. The number of hydrogen-bond donors (Lipinski definition) is 1. The summed E-state index contributed by atoms with van der Waals surface area (Å²) in [7, 11) is 0. The highest BCUT2D eigenvalue weighted by atomic mass is 16.6. The van der Waals surface area contributed by atoms with Crippen LogP contribution in [0.25, 0.3) is 0 Å². The normalized spacial score (nSPS) is 14.5. The zero-order chi connectivity index (χ0) is 9.10. The minimum Gasteiger partial charge on any atom is -0.372 e. The average Bonchev–Trinajstić information content (AvgIpc) is 2.62. The first-order valence-corrected chi connectivity index (χ1v) is 4.41. The maximum Gasteiger partial charge on any atom is 0.0727 e. The topological polar surface area (TPSA) is 44.5 Å². The van der Waals surface area contributed by atoms with Crippen LogP contribution in [0.3, 0.4) is 0 Å². The van der Waals surface area contributed by atoms with Gasteiger partial charge in [0.2, 0.25) is 0 Å². The lowest BCUT2D eigenvalue weighted by Crippen LogP contribution is -2.05. The summed E-state index contributed by atoms with van der Waals surface area (Å²) in [5.41, 5.74) is 3.91. The molecule has 1 aliphatic rings. The molecule has 70 valence electrons. The van der Waals surface area contributed by atoms with Crippen molar-refractivity contribution < 1.29 is 9.57 Å². The van der Waals surface area contributed by atoms with Crippen LogP contribution in [-0.2, 0) is 29.2 Å². The fourth-order valence-electron chi connectivity index (χ4n) is 1.67. The maximum atomic E-state index is 5.36. The smallest absolute Gasteiger partial charge is 0.0727 e. The van der Waals surface area contributed by atoms with E-state index in [-0.39, 0.29) is 0 Å². The molecule has 0 fully saturated rings. The molecule has 0 amide bonds. The van der Waals surface area contributed by atoms with Crippen LogP contribution in [0.5, 0.6) is 0 Å². The molecule has 2 rings (SSSR count). The molecular formula is C10H13NO2. The first-order valence-electron chi connectivity index (χ1n) is 4.41. The molecule has 1 aromatic carbocycles. The van der Waals surface area contributed by atoms with Crippen molar-refractivity contribution >= 4 is 0 Å². The van der Waals surface area contributed by atoms with Crippen molar-refractivity contribution in [2.75, 3.05) is 6.61 Å². The molecule has 1 aromatic rings. The van der Waals surface area contributed by atoms with Crippen molar-refractivity contribution in [2.24, 2.45) is 5.90 Å². The van der Waals surface area contributed by atoms with E-state index in [9.17, 15) is 0 Å². The summed E-state index contributed by atoms with van der Waals surface area (Å²) in [6, 6.07) is 6.26. The SMILES string of the molecule is NOCCc1cccc2c1COC2. The third-order valence-corrected chi connectivity index (χ3v) is 2.36. The number of rotatable bonds is 3. The minimum atomic E-state index is 0.566. The van der Waals surface area contributed by atoms with Gasteiger partial charge in [0.05, 0.1) is 19.8 Å². The van der Waals surface area contributed by atoms with E-state index in [0.717, 1.165) is 19.6 Å². The highest BCUT2D eigenvalue weighted by molar-refractivity contribution is 5.36. The second-order valence-corrected chi connectivity index (χ2v) is 3.17. The van der Waals surface area contributed by atoms with Crippen molar-refractivity contribution in [3.05, 3.63) is 34.9 Å². The molecule has 0 bridgehead atoms. The molecule has 3 nitrogen and oxygen atoms in total. The highest BCUT2D eigenvalue weighted by Crippen LogP contribution is 2.23. The summed E-state index contributed by atoms with van der Waals surface area (Å²) < 4.78 is 5.36. The summed E-state index contributed by atoms with van der Waals surface area (Å²) in [6.07, 6.45) is 0.864. The molecule has 0 radical (unpaired) electrons. The van der Waals surface area contributed by atoms with Gasteiger partial charge < -0.3 is 9.57 Å². The number of ether oxygens (including phenoxy) is 1. The maximum absolute atomic E-state index is 5.36. The van der Waals surface area contributed by atoms with Gasteiger partial charge in [-0.15, -0.1) is 0 Å². The Kier molecular flexibility index (Phi) is 2.59. The van der Waals surface area contributed by atoms with Gasteiger partial charge in [-0.05, 0) is 23.1 Å². The molecule has 2 N–H and O–H groups in total. The first kappa shape index (κ1) is 8.69. The van der Waals surface area contributed by atoms with Crippen molar-refractivity contribution in [3.63, 3.8) is 0 Å². The van der Waals surface area contributed by atoms with Gasteiger partial charge in [-0.1, -0.05) is 18.2 Å². The predicted octanol–water partition coefficient (Wildman–Crippen LogP) is 1.15. The zero-order valence-electron chi connectivity index (χ0n) is 7.45. The second-order valence-electron chi connectivity index (χ2n) is 3.17. The molecule has 13 heavy (non-hydrogen) atoms. The summed E-state index contributed by atoms with van der Waals surface area (Å²) >= 11 is 0. The van der Waals surface area contributed by atoms with Crippen LogP contribution in [0, 0.1) is 0 Å². The van der Waals surface area contributed by atoms with Crippen molar-refractivity contribution in [1.82, 2.24) is 0 Å². The van der Waals surface area contributed by atoms with Gasteiger partial charge in [0.1, 0.15) is 0 Å². The van der Waals surface area contributed by atoms with Crippen LogP contribution < -0.4 is 5.90 Å². The molecule has 0 unspecified atom stereocenters. The summed E-state index contributed by atoms with van der Waals surface area (Å²) in [5, 5.41) is 0. The monoisotopic (exact) mass is 179 g/mol. The standard InChI is InChI=1S/C10H13NO2/c11-13-5-4-8-2-1-3-9-6-12-7-10(8)9/h1-3H,4-7,11H2. The van der Waals surface area contributed by atoms with E-state index < -0.39 is 0 Å². The van der Waals surface area contributed by atoms with Crippen LogP contribution in [0.1, 0.15) is 16.7 Å². The molecule has 0 aliphatic carbocycles. The van der Waals surface area contributed by atoms with Crippen LogP contribution in [0.2, 0.25) is 0 Å². The molecule has 0 saturated heterocycles. The van der Waals surface area contributed by atoms with E-state index in [1.165, 1.54) is 16.7 Å². The summed E-state index contributed by atoms with van der Waals surface area (Å²) in [6.45, 7) is 2.04. The van der Waals surface area contributed by atoms with Gasteiger partial charge in [0.25, 0.3) is 0 Å². The Morgan fingerprint density at radius 3 is 3.15 bits per heavy atom. The van der Waals surface area contributed by atoms with Gasteiger partial charge in [-0.2, -0.15) is 0 Å². The quantitative estimate of drug-likeness (QED) is 0.708. The van der Waals surface area contributed by atoms with E-state index >= 15 is 0 Å². The molecule has 0 spiro atoms. The number of fused-ring (bicyclic) bond motifs is 1. The van der Waals surface area contributed by atoms with Crippen molar-refractivity contribution in [2.45, 2.75) is 19.6 Å². The molecule has 1 aliphatic heterocycles. The van der Waals surface area contributed by atoms with Gasteiger partial charge in [-0.3, -0.25) is 0 Å². The van der Waals surface area contributed by atoms with Crippen LogP contribution in [0.4, 0.5) is 0 Å². The number of hydrogen-bond acceptors (Lipinski definition) is 3. The summed E-state index contributed by atoms with van der Waals surface area (Å²) in [4.78, 5) is 4.56. The van der Waals surface area contributed by atoms with E-state index in [4.69, 9.17) is 10.6 Å². The Hall–Kier alpha value is -0.900. The molecule has 0 aromatic heterocycles. The van der Waals surface area contributed by atoms with Crippen molar-refractivity contribution in [3.8, 4) is 0 Å². The Morgan fingerprint density at radius 2 is 2.31 bits per heavy atom. The lowest BCUT2D eigenvalue weighted by molar-refractivity contribution is 0.132. The lowest BCUT2D eigenvalue weighted by Gasteiger charge is -2.05. The fourth-order valence-corrected chi connectivity index (χ4v) is 1.67. The minimum absolute atomic E-state index is 0.566. The van der Waals surface area contributed by atoms with E-state index in [2.05, 4.69) is 23.0 Å². The van der Waals surface area contributed by atoms with Gasteiger partial charge in [0, 0.05) is 0 Å². The third-order valence-electron chi connectivity index (χ3n) is 2.36.